The molecule has 2 heterocycles. The fraction of sp³-hybridized carbons (Fsp3) is 0.571. The Kier molecular flexibility index (Phi) is 4.49. The lowest BCUT2D eigenvalue weighted by Gasteiger charge is -2.31. The lowest BCUT2D eigenvalue weighted by atomic mass is 10.0. The minimum atomic E-state index is -3.11. The summed E-state index contributed by atoms with van der Waals surface area (Å²) >= 11 is 0. The van der Waals surface area contributed by atoms with Crippen LogP contribution in [0.15, 0.2) is 6.07 Å². The van der Waals surface area contributed by atoms with E-state index in [-0.39, 0.29) is 6.04 Å². The van der Waals surface area contributed by atoms with Crippen molar-refractivity contribution in [3.8, 4) is 6.07 Å². The Morgan fingerprint density at radius 2 is 2.00 bits per heavy atom. The van der Waals surface area contributed by atoms with Crippen LogP contribution in [0, 0.1) is 25.2 Å². The molecule has 114 valence electrons. The van der Waals surface area contributed by atoms with Crippen LogP contribution < -0.4 is 5.32 Å². The summed E-state index contributed by atoms with van der Waals surface area (Å²) in [6.07, 6.45) is 2.71. The number of piperidine rings is 1. The third-order valence-corrected chi connectivity index (χ3v) is 5.03. The van der Waals surface area contributed by atoms with Gasteiger partial charge in [-0.15, -0.1) is 0 Å². The SMILES string of the molecule is Cc1cc(NC2CCN(S(C)(=O)=O)CC2)c(C#N)c(C)n1. The van der Waals surface area contributed by atoms with Crippen molar-refractivity contribution in [2.75, 3.05) is 24.7 Å². The van der Waals surface area contributed by atoms with Gasteiger partial charge in [0.1, 0.15) is 6.07 Å². The van der Waals surface area contributed by atoms with Gasteiger partial charge in [0.25, 0.3) is 0 Å². The normalized spacial score (nSPS) is 17.4. The summed E-state index contributed by atoms with van der Waals surface area (Å²) in [5.41, 5.74) is 2.93. The molecule has 1 aromatic rings. The van der Waals surface area contributed by atoms with Crippen LogP contribution in [0.4, 0.5) is 5.69 Å². The van der Waals surface area contributed by atoms with Gasteiger partial charge in [0.05, 0.1) is 23.2 Å². The van der Waals surface area contributed by atoms with E-state index in [1.807, 2.05) is 19.9 Å². The minimum Gasteiger partial charge on any atom is -0.381 e. The molecule has 0 saturated carbocycles. The van der Waals surface area contributed by atoms with E-state index in [2.05, 4.69) is 16.4 Å². The Labute approximate surface area is 125 Å². The topological polar surface area (TPSA) is 86.1 Å². The van der Waals surface area contributed by atoms with E-state index < -0.39 is 10.0 Å². The van der Waals surface area contributed by atoms with Gasteiger partial charge >= 0.3 is 0 Å². The third-order valence-electron chi connectivity index (χ3n) is 3.72. The molecule has 0 spiro atoms. The zero-order valence-corrected chi connectivity index (χ0v) is 13.4. The molecule has 0 bridgehead atoms. The molecule has 1 N–H and O–H groups in total. The van der Waals surface area contributed by atoms with Gasteiger partial charge in [-0.25, -0.2) is 12.7 Å². The summed E-state index contributed by atoms with van der Waals surface area (Å²) < 4.78 is 24.5. The molecule has 0 unspecified atom stereocenters. The van der Waals surface area contributed by atoms with Crippen molar-refractivity contribution in [3.63, 3.8) is 0 Å². The van der Waals surface area contributed by atoms with Crippen molar-refractivity contribution in [1.29, 1.82) is 5.26 Å². The number of hydrogen-bond acceptors (Lipinski definition) is 5. The summed E-state index contributed by atoms with van der Waals surface area (Å²) in [5.74, 6) is 0. The Balaban J connectivity index is 2.10. The number of anilines is 1. The zero-order valence-electron chi connectivity index (χ0n) is 12.5. The number of nitriles is 1. The van der Waals surface area contributed by atoms with Gasteiger partial charge in [-0.05, 0) is 32.8 Å². The number of aryl methyl sites for hydroxylation is 2. The molecule has 1 saturated heterocycles. The predicted molar refractivity (Wildman–Crippen MR) is 81.5 cm³/mol. The van der Waals surface area contributed by atoms with Crippen LogP contribution in [-0.4, -0.2) is 43.1 Å². The number of sulfonamides is 1. The monoisotopic (exact) mass is 308 g/mol. The van der Waals surface area contributed by atoms with Gasteiger partial charge in [0.2, 0.25) is 10.0 Å². The van der Waals surface area contributed by atoms with Crippen molar-refractivity contribution in [1.82, 2.24) is 9.29 Å². The molecule has 21 heavy (non-hydrogen) atoms. The van der Waals surface area contributed by atoms with Crippen LogP contribution in [0.25, 0.3) is 0 Å². The first-order chi connectivity index (χ1) is 9.81. The zero-order chi connectivity index (χ0) is 15.6. The smallest absolute Gasteiger partial charge is 0.211 e. The van der Waals surface area contributed by atoms with E-state index in [9.17, 15) is 13.7 Å². The van der Waals surface area contributed by atoms with Gasteiger partial charge < -0.3 is 5.32 Å². The lowest BCUT2D eigenvalue weighted by molar-refractivity contribution is 0.332. The van der Waals surface area contributed by atoms with Crippen molar-refractivity contribution in [2.45, 2.75) is 32.7 Å². The third kappa shape index (κ3) is 3.71. The highest BCUT2D eigenvalue weighted by Crippen LogP contribution is 2.23. The Hall–Kier alpha value is -1.65. The van der Waals surface area contributed by atoms with Crippen molar-refractivity contribution >= 4 is 15.7 Å². The molecular weight excluding hydrogens is 288 g/mol. The highest BCUT2D eigenvalue weighted by Gasteiger charge is 2.25. The minimum absolute atomic E-state index is 0.177. The molecule has 0 aromatic carbocycles. The first kappa shape index (κ1) is 15.7. The average molecular weight is 308 g/mol. The molecule has 0 aliphatic carbocycles. The Morgan fingerprint density at radius 1 is 1.38 bits per heavy atom. The largest absolute Gasteiger partial charge is 0.381 e. The maximum absolute atomic E-state index is 11.5. The van der Waals surface area contributed by atoms with Crippen molar-refractivity contribution in [2.24, 2.45) is 0 Å². The van der Waals surface area contributed by atoms with Crippen molar-refractivity contribution < 1.29 is 8.42 Å². The second-order valence-corrected chi connectivity index (χ2v) is 7.45. The molecule has 7 heteroatoms. The van der Waals surface area contributed by atoms with Crippen molar-refractivity contribution in [3.05, 3.63) is 23.0 Å². The number of nitrogens with zero attached hydrogens (tertiary/aromatic N) is 3. The van der Waals surface area contributed by atoms with Crippen LogP contribution in [0.3, 0.4) is 0 Å². The maximum atomic E-state index is 11.5. The van der Waals surface area contributed by atoms with E-state index >= 15 is 0 Å². The second kappa shape index (κ2) is 6.00. The molecule has 0 radical (unpaired) electrons. The molecule has 1 aromatic heterocycles. The van der Waals surface area contributed by atoms with Gasteiger partial charge in [-0.3, -0.25) is 4.98 Å². The molecule has 0 amide bonds. The van der Waals surface area contributed by atoms with E-state index in [1.54, 1.807) is 0 Å². The van der Waals surface area contributed by atoms with Gasteiger partial charge in [-0.2, -0.15) is 5.26 Å². The highest BCUT2D eigenvalue weighted by molar-refractivity contribution is 7.88. The van der Waals surface area contributed by atoms with E-state index in [1.165, 1.54) is 10.6 Å². The second-order valence-electron chi connectivity index (χ2n) is 5.46. The van der Waals surface area contributed by atoms with Crippen LogP contribution in [0.1, 0.15) is 29.8 Å². The molecule has 0 atom stereocenters. The molecule has 6 nitrogen and oxygen atoms in total. The molecule has 1 fully saturated rings. The fourth-order valence-corrected chi connectivity index (χ4v) is 3.51. The van der Waals surface area contributed by atoms with E-state index in [0.29, 0.717) is 24.3 Å². The van der Waals surface area contributed by atoms with Gasteiger partial charge in [-0.1, -0.05) is 0 Å². The quantitative estimate of drug-likeness (QED) is 0.912. The standard InChI is InChI=1S/C14H20N4O2S/c1-10-8-14(13(9-15)11(2)16-10)17-12-4-6-18(7-5-12)21(3,19)20/h8,12H,4-7H2,1-3H3,(H,16,17). The first-order valence-corrected chi connectivity index (χ1v) is 8.76. The number of nitrogens with one attached hydrogen (secondary N) is 1. The van der Waals surface area contributed by atoms with E-state index in [0.717, 1.165) is 24.2 Å². The molecule has 2 rings (SSSR count). The van der Waals surface area contributed by atoms with Crippen LogP contribution in [-0.2, 0) is 10.0 Å². The van der Waals surface area contributed by atoms with Gasteiger partial charge in [0.15, 0.2) is 0 Å². The number of hydrogen-bond donors (Lipinski definition) is 1. The van der Waals surface area contributed by atoms with Crippen LogP contribution in [0.2, 0.25) is 0 Å². The Bertz CT molecular complexity index is 671. The fourth-order valence-electron chi connectivity index (χ4n) is 2.64. The van der Waals surface area contributed by atoms with Crippen LogP contribution >= 0.6 is 0 Å². The van der Waals surface area contributed by atoms with E-state index in [4.69, 9.17) is 0 Å². The van der Waals surface area contributed by atoms with Crippen LogP contribution in [0.5, 0.6) is 0 Å². The maximum Gasteiger partial charge on any atom is 0.211 e. The number of rotatable bonds is 3. The highest BCUT2D eigenvalue weighted by atomic mass is 32.2. The van der Waals surface area contributed by atoms with Gasteiger partial charge in [0, 0.05) is 24.8 Å². The molecule has 1 aliphatic heterocycles. The summed E-state index contributed by atoms with van der Waals surface area (Å²) in [5, 5.41) is 12.6. The first-order valence-electron chi connectivity index (χ1n) is 6.91. The molecule has 1 aliphatic rings. The summed E-state index contributed by atoms with van der Waals surface area (Å²) in [6, 6.07) is 4.23. The number of aromatic nitrogens is 1. The Morgan fingerprint density at radius 3 is 2.52 bits per heavy atom. The lowest BCUT2D eigenvalue weighted by Crippen LogP contribution is -2.41. The average Bonchev–Trinajstić information content (AvgIpc) is 2.38. The summed E-state index contributed by atoms with van der Waals surface area (Å²) in [4.78, 5) is 4.29. The summed E-state index contributed by atoms with van der Waals surface area (Å²) in [6.45, 7) is 4.75. The number of pyridine rings is 1. The molecular formula is C14H20N4O2S. The predicted octanol–water partition coefficient (Wildman–Crippen LogP) is 1.41. The summed E-state index contributed by atoms with van der Waals surface area (Å²) in [7, 11) is -3.11.